The highest BCUT2D eigenvalue weighted by Gasteiger charge is 2.23. The lowest BCUT2D eigenvalue weighted by Gasteiger charge is -2.25. The number of phenols is 1. The van der Waals surface area contributed by atoms with E-state index in [0.29, 0.717) is 17.2 Å². The minimum absolute atomic E-state index is 0.296. The van der Waals surface area contributed by atoms with Gasteiger partial charge in [0.25, 0.3) is 0 Å². The van der Waals surface area contributed by atoms with Crippen LogP contribution in [0.15, 0.2) is 18.2 Å². The summed E-state index contributed by atoms with van der Waals surface area (Å²) in [5.41, 5.74) is 0.189. The molecule has 0 aliphatic carbocycles. The summed E-state index contributed by atoms with van der Waals surface area (Å²) in [6.07, 6.45) is 2.01. The predicted octanol–water partition coefficient (Wildman–Crippen LogP) is 3.06. The number of benzene rings is 1. The van der Waals surface area contributed by atoms with E-state index in [1.807, 2.05) is 6.07 Å². The summed E-state index contributed by atoms with van der Waals surface area (Å²) in [7, 11) is 0. The number of phenolic OH excluding ortho intramolecular Hbond substituents is 1. The van der Waals surface area contributed by atoms with Crippen molar-refractivity contribution in [2.24, 2.45) is 0 Å². The number of piperidine rings is 1. The quantitative estimate of drug-likeness (QED) is 0.828. The summed E-state index contributed by atoms with van der Waals surface area (Å²) >= 11 is 0. The molecule has 1 fully saturated rings. The molecule has 0 unspecified atom stereocenters. The van der Waals surface area contributed by atoms with E-state index >= 15 is 0 Å². The molecule has 2 nitrogen and oxygen atoms in total. The lowest BCUT2D eigenvalue weighted by Crippen LogP contribution is -2.26. The van der Waals surface area contributed by atoms with Gasteiger partial charge in [-0.05, 0) is 69.0 Å². The number of rotatable bonds is 2. The zero-order valence-electron chi connectivity index (χ0n) is 10.5. The Morgan fingerprint density at radius 1 is 1.29 bits per heavy atom. The molecule has 0 saturated carbocycles. The lowest BCUT2D eigenvalue weighted by molar-refractivity contribution is 0.221. The molecule has 0 radical (unpaired) electrons. The van der Waals surface area contributed by atoms with E-state index in [2.05, 4.69) is 5.32 Å². The zero-order chi connectivity index (χ0) is 12.5. The Bertz CT molecular complexity index is 392. The van der Waals surface area contributed by atoms with Crippen molar-refractivity contribution in [1.82, 2.24) is 5.32 Å². The maximum atomic E-state index is 13.9. The molecule has 2 rings (SSSR count). The minimum atomic E-state index is -1.35. The van der Waals surface area contributed by atoms with Crippen LogP contribution in [0.25, 0.3) is 0 Å². The van der Waals surface area contributed by atoms with Crippen molar-refractivity contribution in [3.63, 3.8) is 0 Å². The molecule has 17 heavy (non-hydrogen) atoms. The van der Waals surface area contributed by atoms with E-state index in [1.165, 1.54) is 0 Å². The van der Waals surface area contributed by atoms with Gasteiger partial charge in [0, 0.05) is 0 Å². The molecule has 1 aliphatic rings. The van der Waals surface area contributed by atoms with E-state index in [-0.39, 0.29) is 0 Å². The van der Waals surface area contributed by atoms with Crippen molar-refractivity contribution >= 4 is 0 Å². The van der Waals surface area contributed by atoms with Gasteiger partial charge in [-0.25, -0.2) is 4.39 Å². The van der Waals surface area contributed by atoms with Gasteiger partial charge in [0.05, 0.1) is 0 Å². The van der Waals surface area contributed by atoms with E-state index in [4.69, 9.17) is 0 Å². The number of nitrogens with one attached hydrogen (secondary N) is 1. The molecule has 2 N–H and O–H groups in total. The molecule has 1 aromatic rings. The van der Waals surface area contributed by atoms with E-state index < -0.39 is 5.67 Å². The summed E-state index contributed by atoms with van der Waals surface area (Å²) in [6, 6.07) is 5.11. The number of hydrogen-bond acceptors (Lipinski definition) is 2. The molecule has 0 spiro atoms. The molecular formula is C14H20FNO. The molecule has 1 saturated heterocycles. The van der Waals surface area contributed by atoms with E-state index in [9.17, 15) is 9.50 Å². The second-order valence-corrected chi connectivity index (χ2v) is 5.27. The monoisotopic (exact) mass is 237 g/mol. The van der Waals surface area contributed by atoms with Crippen LogP contribution in [-0.4, -0.2) is 18.2 Å². The maximum Gasteiger partial charge on any atom is 0.130 e. The van der Waals surface area contributed by atoms with Gasteiger partial charge in [-0.15, -0.1) is 0 Å². The van der Waals surface area contributed by atoms with Gasteiger partial charge < -0.3 is 10.4 Å². The molecule has 1 aromatic carbocycles. The average molecular weight is 237 g/mol. The first-order valence-electron chi connectivity index (χ1n) is 6.21. The number of hydrogen-bond donors (Lipinski definition) is 2. The Kier molecular flexibility index (Phi) is 3.38. The highest BCUT2D eigenvalue weighted by atomic mass is 19.1. The second-order valence-electron chi connectivity index (χ2n) is 5.27. The van der Waals surface area contributed by atoms with Crippen LogP contribution < -0.4 is 5.32 Å². The summed E-state index contributed by atoms with van der Waals surface area (Å²) in [6.45, 7) is 5.03. The third-order valence-corrected chi connectivity index (χ3v) is 3.49. The van der Waals surface area contributed by atoms with Crippen molar-refractivity contribution in [3.05, 3.63) is 29.3 Å². The van der Waals surface area contributed by atoms with Crippen LogP contribution in [0.3, 0.4) is 0 Å². The normalized spacial score (nSPS) is 18.3. The molecular weight excluding hydrogens is 217 g/mol. The molecule has 0 atom stereocenters. The van der Waals surface area contributed by atoms with Gasteiger partial charge >= 0.3 is 0 Å². The fourth-order valence-corrected chi connectivity index (χ4v) is 2.38. The van der Waals surface area contributed by atoms with Crippen molar-refractivity contribution in [1.29, 1.82) is 0 Å². The minimum Gasteiger partial charge on any atom is -0.508 e. The van der Waals surface area contributed by atoms with E-state index in [0.717, 1.165) is 31.5 Å². The summed E-state index contributed by atoms with van der Waals surface area (Å²) < 4.78 is 13.9. The Labute approximate surface area is 102 Å². The summed E-state index contributed by atoms with van der Waals surface area (Å²) in [5, 5.41) is 13.2. The highest BCUT2D eigenvalue weighted by molar-refractivity contribution is 5.40. The smallest absolute Gasteiger partial charge is 0.130 e. The van der Waals surface area contributed by atoms with Crippen LogP contribution in [0.4, 0.5) is 4.39 Å². The van der Waals surface area contributed by atoms with Gasteiger partial charge in [-0.1, -0.05) is 6.07 Å². The molecule has 0 aromatic heterocycles. The van der Waals surface area contributed by atoms with Gasteiger partial charge in [0.1, 0.15) is 11.4 Å². The summed E-state index contributed by atoms with van der Waals surface area (Å²) in [5.74, 6) is 0.642. The molecule has 0 amide bonds. The van der Waals surface area contributed by atoms with Gasteiger partial charge in [0.15, 0.2) is 0 Å². The number of alkyl halides is 1. The van der Waals surface area contributed by atoms with Crippen molar-refractivity contribution < 1.29 is 9.50 Å². The van der Waals surface area contributed by atoms with Crippen LogP contribution in [0.5, 0.6) is 5.75 Å². The second kappa shape index (κ2) is 4.65. The van der Waals surface area contributed by atoms with Crippen molar-refractivity contribution in [3.8, 4) is 5.75 Å². The number of aromatic hydroxyl groups is 1. The third-order valence-electron chi connectivity index (χ3n) is 3.49. The van der Waals surface area contributed by atoms with Gasteiger partial charge in [-0.3, -0.25) is 0 Å². The Balaban J connectivity index is 2.31. The predicted molar refractivity (Wildman–Crippen MR) is 67.1 cm³/mol. The molecule has 3 heteroatoms. The highest BCUT2D eigenvalue weighted by Crippen LogP contribution is 2.35. The molecule has 1 aliphatic heterocycles. The first-order chi connectivity index (χ1) is 7.98. The van der Waals surface area contributed by atoms with Crippen LogP contribution in [0.2, 0.25) is 0 Å². The first-order valence-corrected chi connectivity index (χ1v) is 6.21. The maximum absolute atomic E-state index is 13.9. The van der Waals surface area contributed by atoms with Crippen LogP contribution in [-0.2, 0) is 5.67 Å². The van der Waals surface area contributed by atoms with Gasteiger partial charge in [0.2, 0.25) is 0 Å². The zero-order valence-corrected chi connectivity index (χ0v) is 10.5. The average Bonchev–Trinajstić information content (AvgIpc) is 2.29. The fourth-order valence-electron chi connectivity index (χ4n) is 2.38. The third kappa shape index (κ3) is 2.78. The van der Waals surface area contributed by atoms with Crippen LogP contribution >= 0.6 is 0 Å². The van der Waals surface area contributed by atoms with Crippen molar-refractivity contribution in [2.75, 3.05) is 13.1 Å². The largest absolute Gasteiger partial charge is 0.508 e. The summed E-state index contributed by atoms with van der Waals surface area (Å²) in [4.78, 5) is 0. The lowest BCUT2D eigenvalue weighted by atomic mass is 9.86. The first kappa shape index (κ1) is 12.4. The topological polar surface area (TPSA) is 32.3 Å². The Morgan fingerprint density at radius 2 is 1.94 bits per heavy atom. The fraction of sp³-hybridized carbons (Fsp3) is 0.571. The molecule has 0 bridgehead atoms. The SMILES string of the molecule is CC(C)(F)c1ccc(O)c(C2CCNCC2)c1. The molecule has 94 valence electrons. The van der Waals surface area contributed by atoms with Gasteiger partial charge in [-0.2, -0.15) is 0 Å². The number of halogens is 1. The van der Waals surface area contributed by atoms with Crippen LogP contribution in [0, 0.1) is 0 Å². The van der Waals surface area contributed by atoms with Crippen LogP contribution in [0.1, 0.15) is 43.7 Å². The van der Waals surface area contributed by atoms with E-state index in [1.54, 1.807) is 26.0 Å². The molecule has 1 heterocycles. The Morgan fingerprint density at radius 3 is 2.53 bits per heavy atom. The van der Waals surface area contributed by atoms with Crippen molar-refractivity contribution in [2.45, 2.75) is 38.3 Å². The Hall–Kier alpha value is -1.09. The standard InChI is InChI=1S/C14H20FNO/c1-14(2,15)11-3-4-13(17)12(9-11)10-5-7-16-8-6-10/h3-4,9-10,16-17H,5-8H2,1-2H3.